The number of β-lactam (4-membered cyclic amide) rings is 1. The van der Waals surface area contributed by atoms with Gasteiger partial charge in [0, 0.05) is 11.1 Å². The number of amides is 1. The van der Waals surface area contributed by atoms with Crippen molar-refractivity contribution in [3.8, 4) is 0 Å². The molecule has 10 heteroatoms. The molecule has 0 spiro atoms. The monoisotopic (exact) mass is 390 g/mol. The van der Waals surface area contributed by atoms with Crippen molar-refractivity contribution in [2.75, 3.05) is 5.08 Å². The Morgan fingerprint density at radius 2 is 2.26 bits per heavy atom. The number of hydrogen-bond donors (Lipinski definition) is 2. The van der Waals surface area contributed by atoms with Crippen LogP contribution in [-0.4, -0.2) is 48.5 Å². The van der Waals surface area contributed by atoms with Gasteiger partial charge < -0.3 is 10.2 Å². The number of aliphatic carboxylic acids is 1. The van der Waals surface area contributed by atoms with Crippen LogP contribution < -0.4 is 0 Å². The highest BCUT2D eigenvalue weighted by molar-refractivity contribution is 8.28. The minimum Gasteiger partial charge on any atom is -0.477 e. The minimum atomic E-state index is -1.10. The molecule has 1 aromatic heterocycles. The van der Waals surface area contributed by atoms with Crippen molar-refractivity contribution >= 4 is 58.5 Å². The van der Waals surface area contributed by atoms with Crippen molar-refractivity contribution < 1.29 is 19.8 Å². The first kappa shape index (κ1) is 17.2. The number of rotatable bonds is 6. The summed E-state index contributed by atoms with van der Waals surface area (Å²) < 4.78 is 1.57. The molecule has 3 rings (SSSR count). The van der Waals surface area contributed by atoms with Crippen molar-refractivity contribution in [2.45, 2.75) is 29.7 Å². The van der Waals surface area contributed by atoms with E-state index in [-0.39, 0.29) is 17.0 Å². The van der Waals surface area contributed by atoms with Crippen LogP contribution in [0.3, 0.4) is 0 Å². The summed E-state index contributed by atoms with van der Waals surface area (Å²) in [6, 6.07) is 0. The molecular formula is C13H14N2O4S4. The zero-order valence-electron chi connectivity index (χ0n) is 12.3. The number of aliphatic hydroxyl groups is 1. The van der Waals surface area contributed by atoms with Crippen LogP contribution in [-0.2, 0) is 9.59 Å². The quantitative estimate of drug-likeness (QED) is 0.435. The minimum absolute atomic E-state index is 0.0443. The van der Waals surface area contributed by atoms with E-state index in [9.17, 15) is 19.8 Å². The molecule has 0 radical (unpaired) electrons. The van der Waals surface area contributed by atoms with Gasteiger partial charge in [-0.1, -0.05) is 23.5 Å². The van der Waals surface area contributed by atoms with E-state index in [1.54, 1.807) is 30.0 Å². The van der Waals surface area contributed by atoms with Crippen LogP contribution in [0.4, 0.5) is 0 Å². The molecule has 1 saturated heterocycles. The molecule has 2 aliphatic rings. The molecule has 124 valence electrons. The van der Waals surface area contributed by atoms with Gasteiger partial charge in [-0.3, -0.25) is 9.69 Å². The third-order valence-corrected chi connectivity index (χ3v) is 8.36. The van der Waals surface area contributed by atoms with Gasteiger partial charge in [-0.05, 0) is 13.8 Å². The Bertz CT molecular complexity index is 687. The van der Waals surface area contributed by atoms with E-state index >= 15 is 0 Å². The van der Waals surface area contributed by atoms with Gasteiger partial charge in [0.25, 0.3) is 0 Å². The Labute approximate surface area is 149 Å². The van der Waals surface area contributed by atoms with E-state index in [2.05, 4.69) is 4.98 Å². The number of hydrogen-bond acceptors (Lipinski definition) is 8. The maximum absolute atomic E-state index is 12.1. The van der Waals surface area contributed by atoms with Crippen LogP contribution >= 0.6 is 46.6 Å². The SMILES string of the molecule is Cc1csc(SCSC2=C(C(=O)O)N3C(=O)[C@H](C(C)O)[C@H]3S2)n1. The summed E-state index contributed by atoms with van der Waals surface area (Å²) in [6.45, 7) is 3.49. The fourth-order valence-corrected chi connectivity index (χ4v) is 7.67. The van der Waals surface area contributed by atoms with Crippen molar-refractivity contribution in [2.24, 2.45) is 5.92 Å². The van der Waals surface area contributed by atoms with E-state index in [1.807, 2.05) is 12.3 Å². The molecule has 0 aromatic carbocycles. The smallest absolute Gasteiger partial charge is 0.354 e. The van der Waals surface area contributed by atoms with Crippen molar-refractivity contribution in [3.05, 3.63) is 21.0 Å². The van der Waals surface area contributed by atoms with Crippen LogP contribution in [0.15, 0.2) is 19.7 Å². The van der Waals surface area contributed by atoms with E-state index in [0.29, 0.717) is 9.32 Å². The zero-order valence-corrected chi connectivity index (χ0v) is 15.5. The Morgan fingerprint density at radius 1 is 1.52 bits per heavy atom. The molecule has 0 bridgehead atoms. The molecular weight excluding hydrogens is 376 g/mol. The van der Waals surface area contributed by atoms with E-state index < -0.39 is 18.0 Å². The zero-order chi connectivity index (χ0) is 16.7. The van der Waals surface area contributed by atoms with Gasteiger partial charge in [0.05, 0.1) is 21.3 Å². The maximum Gasteiger partial charge on any atom is 0.354 e. The fourth-order valence-electron chi connectivity index (χ4n) is 2.38. The van der Waals surface area contributed by atoms with Crippen LogP contribution in [0.5, 0.6) is 0 Å². The Morgan fingerprint density at radius 3 is 2.83 bits per heavy atom. The van der Waals surface area contributed by atoms with Gasteiger partial charge in [-0.2, -0.15) is 0 Å². The largest absolute Gasteiger partial charge is 0.477 e. The van der Waals surface area contributed by atoms with Gasteiger partial charge in [0.15, 0.2) is 10.0 Å². The molecule has 0 saturated carbocycles. The normalized spacial score (nSPS) is 24.7. The van der Waals surface area contributed by atoms with Gasteiger partial charge in [0.1, 0.15) is 5.37 Å². The average Bonchev–Trinajstić information content (AvgIpc) is 3.00. The lowest BCUT2D eigenvalue weighted by molar-refractivity contribution is -0.156. The molecule has 1 amide bonds. The molecule has 1 unspecified atom stereocenters. The number of carbonyl (C=O) groups is 2. The van der Waals surface area contributed by atoms with Gasteiger partial charge in [-0.15, -0.1) is 23.1 Å². The number of thiazole rings is 1. The number of carbonyl (C=O) groups excluding carboxylic acids is 1. The molecule has 23 heavy (non-hydrogen) atoms. The van der Waals surface area contributed by atoms with Crippen molar-refractivity contribution in [3.63, 3.8) is 0 Å². The van der Waals surface area contributed by atoms with E-state index in [1.165, 1.54) is 28.4 Å². The maximum atomic E-state index is 12.1. The Kier molecular flexibility index (Phi) is 4.98. The molecule has 3 atom stereocenters. The summed E-state index contributed by atoms with van der Waals surface area (Å²) in [4.78, 5) is 29.2. The predicted molar refractivity (Wildman–Crippen MR) is 93.2 cm³/mol. The number of aryl methyl sites for hydroxylation is 1. The van der Waals surface area contributed by atoms with Crippen LogP contribution in [0, 0.1) is 12.8 Å². The second-order valence-corrected chi connectivity index (χ2v) is 9.90. The van der Waals surface area contributed by atoms with Crippen LogP contribution in [0.25, 0.3) is 0 Å². The Balaban J connectivity index is 1.68. The number of aromatic nitrogens is 1. The summed E-state index contributed by atoms with van der Waals surface area (Å²) in [5, 5.41) is 21.4. The van der Waals surface area contributed by atoms with Crippen molar-refractivity contribution in [1.82, 2.24) is 9.88 Å². The highest BCUT2D eigenvalue weighted by Gasteiger charge is 2.57. The second kappa shape index (κ2) is 6.67. The van der Waals surface area contributed by atoms with Crippen molar-refractivity contribution in [1.29, 1.82) is 0 Å². The third kappa shape index (κ3) is 3.14. The summed E-state index contributed by atoms with van der Waals surface area (Å²) in [7, 11) is 0. The molecule has 2 aliphatic heterocycles. The second-order valence-electron chi connectivity index (χ2n) is 5.09. The number of nitrogens with zero attached hydrogens (tertiary/aromatic N) is 2. The third-order valence-electron chi connectivity index (χ3n) is 3.44. The van der Waals surface area contributed by atoms with Gasteiger partial charge >= 0.3 is 5.97 Å². The summed E-state index contributed by atoms with van der Waals surface area (Å²) in [6.07, 6.45) is -0.775. The first-order valence-electron chi connectivity index (χ1n) is 6.73. The fraction of sp³-hybridized carbons (Fsp3) is 0.462. The lowest BCUT2D eigenvalue weighted by atomic mass is 9.92. The molecule has 2 N–H and O–H groups in total. The van der Waals surface area contributed by atoms with E-state index in [0.717, 1.165) is 10.0 Å². The number of carboxylic acids is 1. The summed E-state index contributed by atoms with van der Waals surface area (Å²) in [5.74, 6) is -1.94. The topological polar surface area (TPSA) is 90.7 Å². The number of aliphatic hydroxyl groups excluding tert-OH is 1. The average molecular weight is 391 g/mol. The van der Waals surface area contributed by atoms with Crippen LogP contribution in [0.1, 0.15) is 12.6 Å². The lowest BCUT2D eigenvalue weighted by Crippen LogP contribution is -2.60. The molecule has 1 aromatic rings. The molecule has 1 fully saturated rings. The van der Waals surface area contributed by atoms with Crippen LogP contribution in [0.2, 0.25) is 0 Å². The van der Waals surface area contributed by atoms with Gasteiger partial charge in [0.2, 0.25) is 5.91 Å². The molecule has 6 nitrogen and oxygen atoms in total. The first-order chi connectivity index (χ1) is 10.9. The summed E-state index contributed by atoms with van der Waals surface area (Å²) in [5.41, 5.74) is 1.01. The highest BCUT2D eigenvalue weighted by atomic mass is 32.2. The number of carboxylic acid groups (broad SMARTS) is 1. The lowest BCUT2D eigenvalue weighted by Gasteiger charge is -2.43. The summed E-state index contributed by atoms with van der Waals surface area (Å²) >= 11 is 5.87. The molecule has 3 heterocycles. The van der Waals surface area contributed by atoms with E-state index in [4.69, 9.17) is 0 Å². The first-order valence-corrected chi connectivity index (χ1v) is 10.5. The highest BCUT2D eigenvalue weighted by Crippen LogP contribution is 2.54. The molecule has 0 aliphatic carbocycles. The number of thioether (sulfide) groups is 3. The Hall–Kier alpha value is -0.680. The standard InChI is InChI=1S/C13H14N2O4S4/c1-5-3-20-13(14-5)22-4-21-12-8(11(18)19)15-9(17)7(6(2)16)10(15)23-12/h3,6-7,10,16H,4H2,1-2H3,(H,18,19)/t6?,7-,10+/m0/s1. The number of fused-ring (bicyclic) bond motifs is 1. The van der Waals surface area contributed by atoms with Gasteiger partial charge in [-0.25, -0.2) is 9.78 Å². The predicted octanol–water partition coefficient (Wildman–Crippen LogP) is 2.40.